The number of hydrogen-bond donors (Lipinski definition) is 1. The van der Waals surface area contributed by atoms with Crippen molar-refractivity contribution in [1.82, 2.24) is 10.3 Å². The van der Waals surface area contributed by atoms with Crippen LogP contribution in [0.25, 0.3) is 0 Å². The van der Waals surface area contributed by atoms with Gasteiger partial charge in [0, 0.05) is 24.9 Å². The summed E-state index contributed by atoms with van der Waals surface area (Å²) in [6, 6.07) is 4.25. The van der Waals surface area contributed by atoms with Crippen LogP contribution in [0.5, 0.6) is 5.88 Å². The fourth-order valence-corrected chi connectivity index (χ4v) is 1.55. The molecular weight excluding hydrogens is 216 g/mol. The van der Waals surface area contributed by atoms with Gasteiger partial charge in [-0.25, -0.2) is 4.98 Å². The van der Waals surface area contributed by atoms with Gasteiger partial charge in [0.05, 0.1) is 13.7 Å². The molecule has 0 saturated heterocycles. The lowest BCUT2D eigenvalue weighted by Gasteiger charge is -2.16. The fourth-order valence-electron chi connectivity index (χ4n) is 1.55. The van der Waals surface area contributed by atoms with Gasteiger partial charge in [-0.2, -0.15) is 0 Å². The maximum Gasteiger partial charge on any atom is 0.212 e. The van der Waals surface area contributed by atoms with Crippen LogP contribution in [0.1, 0.15) is 18.9 Å². The molecular formula is C13H22N2O2. The summed E-state index contributed by atoms with van der Waals surface area (Å²) in [6.45, 7) is 3.66. The Labute approximate surface area is 103 Å². The van der Waals surface area contributed by atoms with E-state index in [0.29, 0.717) is 11.9 Å². The zero-order valence-corrected chi connectivity index (χ0v) is 10.9. The minimum absolute atomic E-state index is 0.330. The number of methoxy groups -OCH3 is 1. The summed E-state index contributed by atoms with van der Waals surface area (Å²) in [5.74, 6) is 0.650. The number of nitrogens with one attached hydrogen (secondary N) is 1. The predicted molar refractivity (Wildman–Crippen MR) is 68.5 cm³/mol. The average Bonchev–Trinajstić information content (AvgIpc) is 2.38. The first-order valence-electron chi connectivity index (χ1n) is 6.04. The van der Waals surface area contributed by atoms with Crippen LogP contribution in [-0.4, -0.2) is 38.4 Å². The highest BCUT2D eigenvalue weighted by molar-refractivity contribution is 5.18. The molecule has 96 valence electrons. The quantitative estimate of drug-likeness (QED) is 0.699. The highest BCUT2D eigenvalue weighted by atomic mass is 16.5. The molecule has 4 nitrogen and oxygen atoms in total. The van der Waals surface area contributed by atoms with Gasteiger partial charge >= 0.3 is 0 Å². The van der Waals surface area contributed by atoms with Crippen LogP contribution < -0.4 is 10.1 Å². The monoisotopic (exact) mass is 238 g/mol. The lowest BCUT2D eigenvalue weighted by molar-refractivity contribution is 0.114. The molecule has 0 radical (unpaired) electrons. The highest BCUT2D eigenvalue weighted by Gasteiger charge is 2.07. The van der Waals surface area contributed by atoms with Crippen LogP contribution in [0.3, 0.4) is 0 Å². The van der Waals surface area contributed by atoms with Crippen molar-refractivity contribution in [1.29, 1.82) is 0 Å². The molecule has 4 heteroatoms. The van der Waals surface area contributed by atoms with E-state index in [1.807, 2.05) is 25.4 Å². The van der Waals surface area contributed by atoms with Crippen molar-refractivity contribution in [2.75, 3.05) is 27.4 Å². The smallest absolute Gasteiger partial charge is 0.212 e. The van der Waals surface area contributed by atoms with Gasteiger partial charge in [0.1, 0.15) is 0 Å². The summed E-state index contributed by atoms with van der Waals surface area (Å²) >= 11 is 0. The first-order valence-corrected chi connectivity index (χ1v) is 6.04. The summed E-state index contributed by atoms with van der Waals surface area (Å²) in [5, 5.41) is 3.25. The normalized spacial score (nSPS) is 12.4. The van der Waals surface area contributed by atoms with E-state index in [9.17, 15) is 0 Å². The van der Waals surface area contributed by atoms with E-state index in [1.54, 1.807) is 7.11 Å². The van der Waals surface area contributed by atoms with Crippen molar-refractivity contribution in [3.63, 3.8) is 0 Å². The average molecular weight is 238 g/mol. The van der Waals surface area contributed by atoms with E-state index in [1.165, 1.54) is 5.56 Å². The van der Waals surface area contributed by atoms with Gasteiger partial charge in [0.15, 0.2) is 0 Å². The fraction of sp³-hybridized carbons (Fsp3) is 0.615. The molecule has 0 aliphatic rings. The lowest BCUT2D eigenvalue weighted by atomic mass is 10.1. The molecule has 0 fully saturated rings. The first-order chi connectivity index (χ1) is 8.30. The molecule has 1 aromatic rings. The Morgan fingerprint density at radius 3 is 2.76 bits per heavy atom. The second-order valence-corrected chi connectivity index (χ2v) is 3.97. The molecule has 0 saturated carbocycles. The summed E-state index contributed by atoms with van der Waals surface area (Å²) < 4.78 is 10.6. The van der Waals surface area contributed by atoms with Gasteiger partial charge in [0.2, 0.25) is 5.88 Å². The molecule has 1 aromatic heterocycles. The van der Waals surface area contributed by atoms with Gasteiger partial charge in [-0.05, 0) is 25.5 Å². The first kappa shape index (κ1) is 13.9. The van der Waals surface area contributed by atoms with Gasteiger partial charge in [-0.3, -0.25) is 0 Å². The molecule has 0 aliphatic heterocycles. The number of ether oxygens (including phenoxy) is 2. The largest absolute Gasteiger partial charge is 0.481 e. The SMILES string of the molecule is CCCOCC(Cc1ccc(OC)nc1)NC. The lowest BCUT2D eigenvalue weighted by Crippen LogP contribution is -2.32. The number of rotatable bonds is 8. The molecule has 1 N–H and O–H groups in total. The van der Waals surface area contributed by atoms with Crippen LogP contribution in [0, 0.1) is 0 Å². The van der Waals surface area contributed by atoms with Crippen LogP contribution in [0.2, 0.25) is 0 Å². The van der Waals surface area contributed by atoms with Gasteiger partial charge in [0.25, 0.3) is 0 Å². The Bertz CT molecular complexity index is 301. The van der Waals surface area contributed by atoms with Crippen LogP contribution in [0.4, 0.5) is 0 Å². The third-order valence-corrected chi connectivity index (χ3v) is 2.56. The predicted octanol–water partition coefficient (Wildman–Crippen LogP) is 1.65. The maximum absolute atomic E-state index is 5.55. The number of aromatic nitrogens is 1. The minimum atomic E-state index is 0.330. The van der Waals surface area contributed by atoms with Crippen LogP contribution >= 0.6 is 0 Å². The van der Waals surface area contributed by atoms with E-state index < -0.39 is 0 Å². The summed E-state index contributed by atoms with van der Waals surface area (Å²) in [6.07, 6.45) is 3.82. The molecule has 0 amide bonds. The number of hydrogen-bond acceptors (Lipinski definition) is 4. The molecule has 1 atom stereocenters. The molecule has 0 aliphatic carbocycles. The van der Waals surface area contributed by atoms with Crippen molar-refractivity contribution in [3.05, 3.63) is 23.9 Å². The van der Waals surface area contributed by atoms with Gasteiger partial charge in [-0.1, -0.05) is 13.0 Å². The third kappa shape index (κ3) is 5.15. The van der Waals surface area contributed by atoms with Crippen molar-refractivity contribution in [3.8, 4) is 5.88 Å². The summed E-state index contributed by atoms with van der Waals surface area (Å²) in [5.41, 5.74) is 1.19. The molecule has 17 heavy (non-hydrogen) atoms. The number of nitrogens with zero attached hydrogens (tertiary/aromatic N) is 1. The van der Waals surface area contributed by atoms with E-state index in [-0.39, 0.29) is 0 Å². The Balaban J connectivity index is 2.43. The van der Waals surface area contributed by atoms with E-state index in [2.05, 4.69) is 17.2 Å². The Morgan fingerprint density at radius 2 is 2.24 bits per heavy atom. The maximum atomic E-state index is 5.55. The topological polar surface area (TPSA) is 43.4 Å². The van der Waals surface area contributed by atoms with Crippen molar-refractivity contribution >= 4 is 0 Å². The van der Waals surface area contributed by atoms with Crippen molar-refractivity contribution in [2.45, 2.75) is 25.8 Å². The van der Waals surface area contributed by atoms with Crippen molar-refractivity contribution in [2.24, 2.45) is 0 Å². The molecule has 1 rings (SSSR count). The summed E-state index contributed by atoms with van der Waals surface area (Å²) in [7, 11) is 3.58. The van der Waals surface area contributed by atoms with E-state index in [4.69, 9.17) is 9.47 Å². The van der Waals surface area contributed by atoms with Crippen LogP contribution in [0.15, 0.2) is 18.3 Å². The molecule has 1 heterocycles. The zero-order valence-electron chi connectivity index (χ0n) is 10.9. The second-order valence-electron chi connectivity index (χ2n) is 3.97. The van der Waals surface area contributed by atoms with Crippen LogP contribution in [-0.2, 0) is 11.2 Å². The molecule has 1 unspecified atom stereocenters. The van der Waals surface area contributed by atoms with Gasteiger partial charge < -0.3 is 14.8 Å². The highest BCUT2D eigenvalue weighted by Crippen LogP contribution is 2.08. The number of likely N-dealkylation sites (N-methyl/N-ethyl adjacent to an activating group) is 1. The van der Waals surface area contributed by atoms with E-state index >= 15 is 0 Å². The second kappa shape index (κ2) is 8.03. The Morgan fingerprint density at radius 1 is 1.41 bits per heavy atom. The molecule has 0 aromatic carbocycles. The standard InChI is InChI=1S/C13H22N2O2/c1-4-7-17-10-12(14-2)8-11-5-6-13(16-3)15-9-11/h5-6,9,12,14H,4,7-8,10H2,1-3H3. The van der Waals surface area contributed by atoms with Crippen molar-refractivity contribution < 1.29 is 9.47 Å². The molecule has 0 bridgehead atoms. The number of pyridine rings is 1. The Kier molecular flexibility index (Phi) is 6.58. The van der Waals surface area contributed by atoms with E-state index in [0.717, 1.165) is 26.1 Å². The van der Waals surface area contributed by atoms with Gasteiger partial charge in [-0.15, -0.1) is 0 Å². The third-order valence-electron chi connectivity index (χ3n) is 2.56. The summed E-state index contributed by atoms with van der Waals surface area (Å²) in [4.78, 5) is 4.19. The zero-order chi connectivity index (χ0) is 12.5. The molecule has 0 spiro atoms. The minimum Gasteiger partial charge on any atom is -0.481 e. The Hall–Kier alpha value is -1.13.